The molecule has 0 bridgehead atoms. The normalized spacial score (nSPS) is 11.9. The molecule has 0 aliphatic rings. The first-order chi connectivity index (χ1) is 12.2. The van der Waals surface area contributed by atoms with Crippen molar-refractivity contribution in [3.05, 3.63) is 35.4 Å². The maximum Gasteiger partial charge on any atom is 0.336 e. The third kappa shape index (κ3) is 13.2. The first-order valence-electron chi connectivity index (χ1n) is 7.61. The lowest BCUT2D eigenvalue weighted by molar-refractivity contribution is -0.120. The fourth-order valence-corrected chi connectivity index (χ4v) is 1.35. The van der Waals surface area contributed by atoms with E-state index in [1.165, 1.54) is 24.3 Å². The molecule has 1 aromatic rings. The molecule has 2 atom stereocenters. The van der Waals surface area contributed by atoms with Gasteiger partial charge in [-0.2, -0.15) is 0 Å². The molecule has 1 aromatic carbocycles. The lowest BCUT2D eigenvalue weighted by Gasteiger charge is -2.03. The third-order valence-corrected chi connectivity index (χ3v) is 2.42. The summed E-state index contributed by atoms with van der Waals surface area (Å²) in [6.45, 7) is 3.71. The number of benzene rings is 1. The molecule has 150 valence electrons. The molecule has 0 fully saturated rings. The standard InChI is InChI=1S/C8H6O4.2C4H10O3/c9-7(10)5-3-1-2-4-6(5)8(11)12;2*1-2-7-4(6)3-5/h1-4H,(H,9,10)(H,11,12);2*4-6H,2-3H2,1H3. The summed E-state index contributed by atoms with van der Waals surface area (Å²) in [6.07, 6.45) is -1.99. The average Bonchev–Trinajstić information content (AvgIpc) is 2.63. The Morgan fingerprint density at radius 3 is 1.31 bits per heavy atom. The summed E-state index contributed by atoms with van der Waals surface area (Å²) in [7, 11) is 0. The van der Waals surface area contributed by atoms with E-state index in [-0.39, 0.29) is 24.3 Å². The molecule has 1 rings (SSSR count). The van der Waals surface area contributed by atoms with E-state index in [2.05, 4.69) is 9.47 Å². The number of hydrogen-bond acceptors (Lipinski definition) is 8. The highest BCUT2D eigenvalue weighted by molar-refractivity contribution is 6.01. The highest BCUT2D eigenvalue weighted by atomic mass is 16.6. The Labute approximate surface area is 150 Å². The van der Waals surface area contributed by atoms with E-state index in [0.717, 1.165) is 0 Å². The molecule has 0 saturated heterocycles. The topological polar surface area (TPSA) is 174 Å². The van der Waals surface area contributed by atoms with E-state index >= 15 is 0 Å². The quantitative estimate of drug-likeness (QED) is 0.331. The van der Waals surface area contributed by atoms with Crippen LogP contribution in [0.2, 0.25) is 0 Å². The van der Waals surface area contributed by atoms with Gasteiger partial charge in [-0.25, -0.2) is 9.59 Å². The molecule has 10 heteroatoms. The molecule has 0 saturated carbocycles. The van der Waals surface area contributed by atoms with E-state index in [1.54, 1.807) is 13.8 Å². The van der Waals surface area contributed by atoms with Gasteiger partial charge in [0, 0.05) is 13.2 Å². The van der Waals surface area contributed by atoms with Crippen LogP contribution in [0.3, 0.4) is 0 Å². The fourth-order valence-electron chi connectivity index (χ4n) is 1.35. The number of aliphatic hydroxyl groups is 4. The maximum absolute atomic E-state index is 10.5. The summed E-state index contributed by atoms with van der Waals surface area (Å²) < 4.78 is 8.99. The van der Waals surface area contributed by atoms with Crippen molar-refractivity contribution >= 4 is 11.9 Å². The van der Waals surface area contributed by atoms with Crippen LogP contribution in [0.4, 0.5) is 0 Å². The number of ether oxygens (including phenoxy) is 2. The minimum Gasteiger partial charge on any atom is -0.478 e. The molecule has 0 radical (unpaired) electrons. The van der Waals surface area contributed by atoms with Gasteiger partial charge in [0.1, 0.15) is 0 Å². The van der Waals surface area contributed by atoms with Crippen LogP contribution in [0.15, 0.2) is 24.3 Å². The minimum absolute atomic E-state index is 0.190. The monoisotopic (exact) mass is 378 g/mol. The second kappa shape index (κ2) is 16.4. The molecule has 0 aliphatic heterocycles. The Balaban J connectivity index is 0. The van der Waals surface area contributed by atoms with E-state index < -0.39 is 24.5 Å². The van der Waals surface area contributed by atoms with Crippen LogP contribution < -0.4 is 0 Å². The van der Waals surface area contributed by atoms with Crippen molar-refractivity contribution in [1.29, 1.82) is 0 Å². The molecule has 0 amide bonds. The van der Waals surface area contributed by atoms with Gasteiger partial charge in [0.05, 0.1) is 24.3 Å². The average molecular weight is 378 g/mol. The second-order valence-electron chi connectivity index (χ2n) is 4.34. The third-order valence-electron chi connectivity index (χ3n) is 2.42. The van der Waals surface area contributed by atoms with Gasteiger partial charge < -0.3 is 40.1 Å². The van der Waals surface area contributed by atoms with Gasteiger partial charge in [-0.3, -0.25) is 0 Å². The lowest BCUT2D eigenvalue weighted by atomic mass is 10.1. The summed E-state index contributed by atoms with van der Waals surface area (Å²) in [5.41, 5.74) is -0.380. The van der Waals surface area contributed by atoms with Gasteiger partial charge in [0.2, 0.25) is 0 Å². The minimum atomic E-state index is -1.23. The van der Waals surface area contributed by atoms with E-state index in [4.69, 9.17) is 30.6 Å². The van der Waals surface area contributed by atoms with Crippen LogP contribution in [0.1, 0.15) is 34.6 Å². The highest BCUT2D eigenvalue weighted by Crippen LogP contribution is 2.07. The Hall–Kier alpha value is -2.08. The number of carboxylic acid groups (broad SMARTS) is 2. The number of aliphatic hydroxyl groups excluding tert-OH is 4. The number of aromatic carboxylic acids is 2. The molecular formula is C16H26O10. The van der Waals surface area contributed by atoms with Crippen molar-refractivity contribution in [1.82, 2.24) is 0 Å². The lowest BCUT2D eigenvalue weighted by Crippen LogP contribution is -2.15. The number of hydrogen-bond donors (Lipinski definition) is 6. The predicted molar refractivity (Wildman–Crippen MR) is 89.8 cm³/mol. The van der Waals surface area contributed by atoms with Gasteiger partial charge >= 0.3 is 11.9 Å². The van der Waals surface area contributed by atoms with Crippen molar-refractivity contribution < 1.29 is 49.7 Å². The molecule has 0 aliphatic carbocycles. The van der Waals surface area contributed by atoms with Crippen molar-refractivity contribution in [3.8, 4) is 0 Å². The van der Waals surface area contributed by atoms with Crippen molar-refractivity contribution in [2.75, 3.05) is 26.4 Å². The van der Waals surface area contributed by atoms with Crippen LogP contribution >= 0.6 is 0 Å². The Bertz CT molecular complexity index is 461. The molecule has 2 unspecified atom stereocenters. The Morgan fingerprint density at radius 1 is 0.846 bits per heavy atom. The number of carbonyl (C=O) groups is 2. The van der Waals surface area contributed by atoms with Gasteiger partial charge in [-0.05, 0) is 26.0 Å². The summed E-state index contributed by atoms with van der Waals surface area (Å²) in [6, 6.07) is 5.48. The predicted octanol–water partition coefficient (Wildman–Crippen LogP) is -0.250. The van der Waals surface area contributed by atoms with Crippen molar-refractivity contribution in [2.45, 2.75) is 26.4 Å². The van der Waals surface area contributed by atoms with Crippen molar-refractivity contribution in [2.24, 2.45) is 0 Å². The largest absolute Gasteiger partial charge is 0.478 e. The number of rotatable bonds is 8. The van der Waals surface area contributed by atoms with E-state index in [9.17, 15) is 9.59 Å². The van der Waals surface area contributed by atoms with Crippen LogP contribution in [-0.2, 0) is 9.47 Å². The van der Waals surface area contributed by atoms with E-state index in [1.807, 2.05) is 0 Å². The zero-order valence-electron chi connectivity index (χ0n) is 14.6. The van der Waals surface area contributed by atoms with Gasteiger partial charge in [0.25, 0.3) is 0 Å². The second-order valence-corrected chi connectivity index (χ2v) is 4.34. The molecule has 6 N–H and O–H groups in total. The highest BCUT2D eigenvalue weighted by Gasteiger charge is 2.13. The summed E-state index contributed by atoms with van der Waals surface area (Å²) >= 11 is 0. The summed E-state index contributed by atoms with van der Waals surface area (Å²) in [4.78, 5) is 20.9. The first kappa shape index (κ1) is 26.2. The van der Waals surface area contributed by atoms with E-state index in [0.29, 0.717) is 13.2 Å². The Kier molecular flexibility index (Phi) is 16.5. The Morgan fingerprint density at radius 2 is 1.15 bits per heavy atom. The van der Waals surface area contributed by atoms with Gasteiger partial charge in [-0.15, -0.1) is 0 Å². The van der Waals surface area contributed by atoms with Crippen LogP contribution in [0, 0.1) is 0 Å². The van der Waals surface area contributed by atoms with Gasteiger partial charge in [0.15, 0.2) is 12.6 Å². The maximum atomic E-state index is 10.5. The molecule has 0 aromatic heterocycles. The molecular weight excluding hydrogens is 352 g/mol. The summed E-state index contributed by atoms with van der Waals surface area (Å²) in [5, 5.41) is 50.1. The molecule has 0 heterocycles. The van der Waals surface area contributed by atoms with Crippen molar-refractivity contribution in [3.63, 3.8) is 0 Å². The smallest absolute Gasteiger partial charge is 0.336 e. The van der Waals surface area contributed by atoms with Crippen LogP contribution in [0.25, 0.3) is 0 Å². The molecule has 26 heavy (non-hydrogen) atoms. The SMILES string of the molecule is CCOC(O)CO.CCOC(O)CO.O=C(O)c1ccccc1C(=O)O. The zero-order valence-corrected chi connectivity index (χ0v) is 14.6. The van der Waals surface area contributed by atoms with Crippen LogP contribution in [-0.4, -0.2) is 81.6 Å². The summed E-state index contributed by atoms with van der Waals surface area (Å²) in [5.74, 6) is -2.46. The molecule has 10 nitrogen and oxygen atoms in total. The zero-order chi connectivity index (χ0) is 20.5. The van der Waals surface area contributed by atoms with Gasteiger partial charge in [-0.1, -0.05) is 12.1 Å². The molecule has 0 spiro atoms. The first-order valence-corrected chi connectivity index (χ1v) is 7.61. The number of carboxylic acids is 2. The van der Waals surface area contributed by atoms with Crippen LogP contribution in [0.5, 0.6) is 0 Å². The fraction of sp³-hybridized carbons (Fsp3) is 0.500.